The lowest BCUT2D eigenvalue weighted by molar-refractivity contribution is -0.143. The van der Waals surface area contributed by atoms with Gasteiger partial charge in [-0.25, -0.2) is 4.79 Å². The molecule has 150 valence electrons. The first kappa shape index (κ1) is 19.1. The zero-order chi connectivity index (χ0) is 20.5. The fourth-order valence-electron chi connectivity index (χ4n) is 3.34. The summed E-state index contributed by atoms with van der Waals surface area (Å²) < 4.78 is 4.96. The molecule has 2 aromatic carbocycles. The van der Waals surface area contributed by atoms with Crippen LogP contribution in [0.1, 0.15) is 5.56 Å². The third kappa shape index (κ3) is 3.97. The molecule has 0 saturated carbocycles. The summed E-state index contributed by atoms with van der Waals surface area (Å²) in [7, 11) is 0. The van der Waals surface area contributed by atoms with Crippen LogP contribution in [0.4, 0.5) is 11.4 Å². The molecule has 9 heteroatoms. The van der Waals surface area contributed by atoms with Gasteiger partial charge in [0.15, 0.2) is 5.58 Å². The molecule has 8 nitrogen and oxygen atoms in total. The molecule has 29 heavy (non-hydrogen) atoms. The molecular formula is C20H19ClN4O4. The smallest absolute Gasteiger partial charge is 0.408 e. The van der Waals surface area contributed by atoms with E-state index in [0.717, 1.165) is 16.3 Å². The number of carbonyl (C=O) groups excluding carboxylic acids is 2. The van der Waals surface area contributed by atoms with Gasteiger partial charge < -0.3 is 19.5 Å². The van der Waals surface area contributed by atoms with Crippen molar-refractivity contribution in [1.82, 2.24) is 9.88 Å². The number of fused-ring (bicyclic) bond motifs is 1. The van der Waals surface area contributed by atoms with Gasteiger partial charge in [-0.3, -0.25) is 14.6 Å². The van der Waals surface area contributed by atoms with Gasteiger partial charge in [0.25, 0.3) is 0 Å². The first-order chi connectivity index (χ1) is 13.9. The lowest BCUT2D eigenvalue weighted by Gasteiger charge is -2.36. The Hall–Kier alpha value is -3.26. The number of piperazine rings is 1. The van der Waals surface area contributed by atoms with Crippen molar-refractivity contribution in [3.05, 3.63) is 57.5 Å². The Morgan fingerprint density at radius 1 is 1.10 bits per heavy atom. The number of oxazole rings is 1. The fourth-order valence-corrected chi connectivity index (χ4v) is 3.46. The van der Waals surface area contributed by atoms with Crippen molar-refractivity contribution in [2.75, 3.05) is 36.4 Å². The summed E-state index contributed by atoms with van der Waals surface area (Å²) in [5.41, 5.74) is 3.26. The highest BCUT2D eigenvalue weighted by molar-refractivity contribution is 6.39. The fraction of sp³-hybridized carbons (Fsp3) is 0.250. The summed E-state index contributed by atoms with van der Waals surface area (Å²) in [6.45, 7) is 4.09. The number of aromatic nitrogens is 1. The number of hydrogen-bond acceptors (Lipinski definition) is 5. The third-order valence-corrected chi connectivity index (χ3v) is 5.37. The molecule has 0 unspecified atom stereocenters. The number of halogens is 1. The number of benzene rings is 2. The minimum atomic E-state index is -0.724. The Morgan fingerprint density at radius 2 is 1.86 bits per heavy atom. The summed E-state index contributed by atoms with van der Waals surface area (Å²) in [6, 6.07) is 10.5. The maximum Gasteiger partial charge on any atom is 0.417 e. The van der Waals surface area contributed by atoms with Gasteiger partial charge in [-0.1, -0.05) is 11.6 Å². The minimum absolute atomic E-state index is 0.312. The molecule has 2 N–H and O–H groups in total. The second kappa shape index (κ2) is 7.63. The first-order valence-corrected chi connectivity index (χ1v) is 9.53. The van der Waals surface area contributed by atoms with Crippen molar-refractivity contribution in [3.63, 3.8) is 0 Å². The number of rotatable bonds is 2. The Balaban J connectivity index is 1.37. The van der Waals surface area contributed by atoms with Crippen LogP contribution in [0, 0.1) is 6.92 Å². The average molecular weight is 415 g/mol. The summed E-state index contributed by atoms with van der Waals surface area (Å²) in [4.78, 5) is 42.3. The first-order valence-electron chi connectivity index (χ1n) is 9.15. The molecule has 0 radical (unpaired) electrons. The summed E-state index contributed by atoms with van der Waals surface area (Å²) in [5, 5.41) is 3.28. The van der Waals surface area contributed by atoms with Crippen LogP contribution < -0.4 is 16.0 Å². The monoisotopic (exact) mass is 414 g/mol. The molecule has 0 bridgehead atoms. The topological polar surface area (TPSA) is 98.6 Å². The molecule has 3 aromatic rings. The lowest BCUT2D eigenvalue weighted by Crippen LogP contribution is -2.51. The number of nitrogens with one attached hydrogen (secondary N) is 2. The zero-order valence-corrected chi connectivity index (χ0v) is 16.5. The summed E-state index contributed by atoms with van der Waals surface area (Å²) in [5.74, 6) is -1.89. The van der Waals surface area contributed by atoms with E-state index in [2.05, 4.69) is 15.2 Å². The molecule has 0 spiro atoms. The summed E-state index contributed by atoms with van der Waals surface area (Å²) in [6.07, 6.45) is 0. The maximum atomic E-state index is 12.5. The van der Waals surface area contributed by atoms with Crippen LogP contribution in [0.25, 0.3) is 11.1 Å². The zero-order valence-electron chi connectivity index (χ0n) is 15.7. The van der Waals surface area contributed by atoms with Crippen molar-refractivity contribution in [3.8, 4) is 0 Å². The highest BCUT2D eigenvalue weighted by atomic mass is 35.5. The van der Waals surface area contributed by atoms with E-state index in [9.17, 15) is 14.4 Å². The number of aromatic amines is 1. The van der Waals surface area contributed by atoms with Crippen LogP contribution in [-0.4, -0.2) is 47.9 Å². The number of aryl methyl sites for hydroxylation is 1. The minimum Gasteiger partial charge on any atom is -0.408 e. The van der Waals surface area contributed by atoms with Crippen molar-refractivity contribution in [1.29, 1.82) is 0 Å². The second-order valence-electron chi connectivity index (χ2n) is 6.89. The normalized spacial score (nSPS) is 14.3. The molecule has 1 aliphatic rings. The third-order valence-electron chi connectivity index (χ3n) is 4.95. The van der Waals surface area contributed by atoms with Gasteiger partial charge in [0.2, 0.25) is 0 Å². The molecule has 1 aliphatic heterocycles. The second-order valence-corrected chi connectivity index (χ2v) is 7.30. The Bertz CT molecular complexity index is 1140. The predicted octanol–water partition coefficient (Wildman–Crippen LogP) is 2.37. The highest BCUT2D eigenvalue weighted by Crippen LogP contribution is 2.23. The van der Waals surface area contributed by atoms with Gasteiger partial charge in [-0.05, 0) is 42.8 Å². The standard InChI is InChI=1S/C20H19ClN4O4/c1-12-10-14(3-4-15(12)21)24-6-8-25(9-7-24)19(27)18(26)22-13-2-5-16-17(11-13)29-20(28)23-16/h2-5,10-11H,6-9H2,1H3,(H,22,26)(H,23,28). The number of amides is 2. The molecular weight excluding hydrogens is 396 g/mol. The van der Waals surface area contributed by atoms with E-state index in [1.807, 2.05) is 25.1 Å². The molecule has 0 atom stereocenters. The SMILES string of the molecule is Cc1cc(N2CCN(C(=O)C(=O)Nc3ccc4[nH]c(=O)oc4c3)CC2)ccc1Cl. The number of nitrogens with zero attached hydrogens (tertiary/aromatic N) is 2. The van der Waals surface area contributed by atoms with Crippen molar-refractivity contribution in [2.45, 2.75) is 6.92 Å². The molecule has 4 rings (SSSR count). The lowest BCUT2D eigenvalue weighted by atomic mass is 10.2. The Kier molecular flexibility index (Phi) is 5.02. The molecule has 2 amide bonds. The largest absolute Gasteiger partial charge is 0.417 e. The van der Waals surface area contributed by atoms with Gasteiger partial charge in [0, 0.05) is 48.6 Å². The van der Waals surface area contributed by atoms with Gasteiger partial charge in [-0.2, -0.15) is 0 Å². The number of carbonyl (C=O) groups is 2. The Labute approximate surface area is 171 Å². The molecule has 0 aliphatic carbocycles. The molecule has 1 saturated heterocycles. The van der Waals surface area contributed by atoms with E-state index in [-0.39, 0.29) is 0 Å². The van der Waals surface area contributed by atoms with Crippen LogP contribution in [0.2, 0.25) is 5.02 Å². The van der Waals surface area contributed by atoms with Crippen LogP contribution in [0.5, 0.6) is 0 Å². The van der Waals surface area contributed by atoms with E-state index in [1.54, 1.807) is 12.1 Å². The average Bonchev–Trinajstić information content (AvgIpc) is 3.09. The number of H-pyrrole nitrogens is 1. The van der Waals surface area contributed by atoms with Crippen LogP contribution >= 0.6 is 11.6 Å². The molecule has 2 heterocycles. The van der Waals surface area contributed by atoms with Gasteiger partial charge in [0.05, 0.1) is 5.52 Å². The van der Waals surface area contributed by atoms with Crippen molar-refractivity contribution < 1.29 is 14.0 Å². The van der Waals surface area contributed by atoms with Crippen LogP contribution in [-0.2, 0) is 9.59 Å². The van der Waals surface area contributed by atoms with E-state index < -0.39 is 17.6 Å². The van der Waals surface area contributed by atoms with Crippen LogP contribution in [0.3, 0.4) is 0 Å². The van der Waals surface area contributed by atoms with E-state index in [1.165, 1.54) is 11.0 Å². The predicted molar refractivity (Wildman–Crippen MR) is 110 cm³/mol. The number of anilines is 2. The van der Waals surface area contributed by atoms with Gasteiger partial charge in [0.1, 0.15) is 0 Å². The highest BCUT2D eigenvalue weighted by Gasteiger charge is 2.26. The van der Waals surface area contributed by atoms with Gasteiger partial charge >= 0.3 is 17.6 Å². The van der Waals surface area contributed by atoms with Crippen molar-refractivity contribution in [2.24, 2.45) is 0 Å². The van der Waals surface area contributed by atoms with E-state index in [0.29, 0.717) is 43.0 Å². The molecule has 1 aromatic heterocycles. The molecule has 1 fully saturated rings. The Morgan fingerprint density at radius 3 is 2.59 bits per heavy atom. The number of hydrogen-bond donors (Lipinski definition) is 2. The summed E-state index contributed by atoms with van der Waals surface area (Å²) >= 11 is 6.08. The van der Waals surface area contributed by atoms with Crippen LogP contribution in [0.15, 0.2) is 45.6 Å². The van der Waals surface area contributed by atoms with E-state index in [4.69, 9.17) is 16.0 Å². The van der Waals surface area contributed by atoms with Gasteiger partial charge in [-0.15, -0.1) is 0 Å². The quantitative estimate of drug-likeness (QED) is 0.627. The van der Waals surface area contributed by atoms with Crippen molar-refractivity contribution >= 4 is 45.9 Å². The van der Waals surface area contributed by atoms with E-state index >= 15 is 0 Å². The maximum absolute atomic E-state index is 12.5.